The monoisotopic (exact) mass is 171 g/mol. The molecule has 0 aliphatic rings. The number of aromatic nitrogens is 2. The van der Waals surface area contributed by atoms with Gasteiger partial charge in [-0.05, 0) is 0 Å². The maximum Gasteiger partial charge on any atom is 0.332 e. The minimum atomic E-state index is -0.832. The second-order valence-corrected chi connectivity index (χ2v) is 1.92. The lowest BCUT2D eigenvalue weighted by atomic mass is 10.5. The predicted octanol–water partition coefficient (Wildman–Crippen LogP) is -0.910. The summed E-state index contributed by atoms with van der Waals surface area (Å²) in [7, 11) is 0. The smallest absolute Gasteiger partial charge is 0.332 e. The summed E-state index contributed by atoms with van der Waals surface area (Å²) in [4.78, 5) is 12.6. The van der Waals surface area contributed by atoms with Crippen molar-refractivity contribution in [3.63, 3.8) is 0 Å². The zero-order valence-electron chi connectivity index (χ0n) is 5.76. The Hall–Kier alpha value is -2.12. The lowest BCUT2D eigenvalue weighted by Gasteiger charge is -1.99. The summed E-state index contributed by atoms with van der Waals surface area (Å²) in [5.41, 5.74) is 3.74. The highest BCUT2D eigenvalue weighted by Gasteiger charge is 2.13. The van der Waals surface area contributed by atoms with Crippen LogP contribution in [0.2, 0.25) is 0 Å². The van der Waals surface area contributed by atoms with Crippen molar-refractivity contribution in [2.75, 3.05) is 5.73 Å². The molecule has 0 radical (unpaired) electrons. The fourth-order valence-electron chi connectivity index (χ4n) is 0.600. The van der Waals surface area contributed by atoms with Gasteiger partial charge in [-0.15, -0.1) is 4.73 Å². The lowest BCUT2D eigenvalue weighted by Crippen LogP contribution is -2.24. The molecule has 8 nitrogen and oxygen atoms in total. The Morgan fingerprint density at radius 1 is 1.83 bits per heavy atom. The van der Waals surface area contributed by atoms with E-state index in [-0.39, 0.29) is 10.7 Å². The third-order valence-corrected chi connectivity index (χ3v) is 1.19. The molecule has 0 saturated carbocycles. The molecule has 0 bridgehead atoms. The van der Waals surface area contributed by atoms with Crippen LogP contribution in [0.5, 0.6) is 0 Å². The number of nitrogen functional groups attached to an aromatic ring is 1. The molecular formula is C4H5N5O3. The molecular weight excluding hydrogens is 166 g/mol. The van der Waals surface area contributed by atoms with Crippen molar-refractivity contribution in [2.45, 2.75) is 0 Å². The van der Waals surface area contributed by atoms with E-state index in [2.05, 4.69) is 4.98 Å². The van der Waals surface area contributed by atoms with Crippen molar-refractivity contribution in [3.8, 4) is 0 Å². The maximum absolute atomic E-state index is 10.2. The number of rotatable bonds is 1. The zero-order chi connectivity index (χ0) is 9.30. The van der Waals surface area contributed by atoms with Crippen LogP contribution in [0, 0.1) is 15.5 Å². The highest BCUT2D eigenvalue weighted by Crippen LogP contribution is 2.01. The zero-order valence-corrected chi connectivity index (χ0v) is 5.76. The van der Waals surface area contributed by atoms with Gasteiger partial charge in [0, 0.05) is 0 Å². The summed E-state index contributed by atoms with van der Waals surface area (Å²) in [6.07, 6.45) is 0.810. The lowest BCUT2D eigenvalue weighted by molar-refractivity contribution is -0.387. The van der Waals surface area contributed by atoms with E-state index in [1.165, 1.54) is 0 Å². The topological polar surface area (TPSA) is 131 Å². The number of hydrogen-bond acceptors (Lipinski definition) is 6. The molecule has 0 saturated heterocycles. The van der Waals surface area contributed by atoms with E-state index in [0.29, 0.717) is 0 Å². The van der Waals surface area contributed by atoms with Crippen LogP contribution in [0.25, 0.3) is 0 Å². The van der Waals surface area contributed by atoms with Crippen LogP contribution in [-0.4, -0.2) is 19.8 Å². The average molecular weight is 171 g/mol. The number of nitrogens with one attached hydrogen (secondary N) is 1. The summed E-state index contributed by atoms with van der Waals surface area (Å²) in [6.45, 7) is 0. The Labute approximate surface area is 65.5 Å². The molecule has 1 rings (SSSR count). The van der Waals surface area contributed by atoms with Crippen LogP contribution < -0.4 is 11.2 Å². The number of nitro groups is 1. The van der Waals surface area contributed by atoms with Crippen molar-refractivity contribution in [1.29, 1.82) is 5.41 Å². The Morgan fingerprint density at radius 2 is 2.42 bits per heavy atom. The van der Waals surface area contributed by atoms with Crippen molar-refractivity contribution in [3.05, 3.63) is 21.8 Å². The van der Waals surface area contributed by atoms with Gasteiger partial charge in [-0.3, -0.25) is 15.5 Å². The van der Waals surface area contributed by atoms with E-state index in [9.17, 15) is 10.1 Å². The van der Waals surface area contributed by atoms with E-state index in [4.69, 9.17) is 16.4 Å². The van der Waals surface area contributed by atoms with Crippen LogP contribution >= 0.6 is 0 Å². The van der Waals surface area contributed by atoms with Gasteiger partial charge in [0.25, 0.3) is 0 Å². The van der Waals surface area contributed by atoms with Gasteiger partial charge in [0.05, 0.1) is 4.92 Å². The molecule has 0 atom stereocenters. The summed E-state index contributed by atoms with van der Waals surface area (Å²) in [6, 6.07) is 0. The molecule has 1 aromatic heterocycles. The fourth-order valence-corrected chi connectivity index (χ4v) is 0.600. The van der Waals surface area contributed by atoms with E-state index in [1.54, 1.807) is 0 Å². The van der Waals surface area contributed by atoms with Gasteiger partial charge >= 0.3 is 5.69 Å². The Balaban J connectivity index is 3.47. The molecule has 12 heavy (non-hydrogen) atoms. The summed E-state index contributed by atoms with van der Waals surface area (Å²) in [5, 5.41) is 26.1. The van der Waals surface area contributed by atoms with Crippen LogP contribution in [0.15, 0.2) is 6.20 Å². The molecule has 0 spiro atoms. The van der Waals surface area contributed by atoms with E-state index in [0.717, 1.165) is 6.20 Å². The highest BCUT2D eigenvalue weighted by molar-refractivity contribution is 5.26. The first-order chi connectivity index (χ1) is 5.54. The second kappa shape index (κ2) is 2.49. The van der Waals surface area contributed by atoms with Crippen LogP contribution in [0.4, 0.5) is 11.6 Å². The maximum atomic E-state index is 10.2. The minimum Gasteiger partial charge on any atom is -0.423 e. The van der Waals surface area contributed by atoms with Gasteiger partial charge in [0.15, 0.2) is 0 Å². The number of hydrogen-bond donors (Lipinski definition) is 3. The second-order valence-electron chi connectivity index (χ2n) is 1.92. The molecule has 4 N–H and O–H groups in total. The molecule has 1 aromatic rings. The summed E-state index contributed by atoms with van der Waals surface area (Å²) >= 11 is 0. The average Bonchev–Trinajstić information content (AvgIpc) is 2.00. The number of anilines is 1. The molecule has 8 heteroatoms. The molecule has 0 aromatic carbocycles. The minimum absolute atomic E-state index is 0.137. The molecule has 1 heterocycles. The first kappa shape index (κ1) is 7.98. The van der Waals surface area contributed by atoms with Crippen LogP contribution in [0.3, 0.4) is 0 Å². The van der Waals surface area contributed by atoms with E-state index < -0.39 is 16.1 Å². The molecule has 0 amide bonds. The Morgan fingerprint density at radius 3 is 2.92 bits per heavy atom. The summed E-state index contributed by atoms with van der Waals surface area (Å²) < 4.78 is 0.137. The van der Waals surface area contributed by atoms with Gasteiger partial charge in [-0.1, -0.05) is 0 Å². The normalized spacial score (nSPS) is 9.67. The van der Waals surface area contributed by atoms with Crippen molar-refractivity contribution >= 4 is 11.6 Å². The van der Waals surface area contributed by atoms with Gasteiger partial charge in [0.2, 0.25) is 11.4 Å². The van der Waals surface area contributed by atoms with E-state index in [1.807, 2.05) is 0 Å². The predicted molar refractivity (Wildman–Crippen MR) is 36.3 cm³/mol. The van der Waals surface area contributed by atoms with Crippen LogP contribution in [-0.2, 0) is 0 Å². The van der Waals surface area contributed by atoms with Gasteiger partial charge in [0.1, 0.15) is 6.20 Å². The summed E-state index contributed by atoms with van der Waals surface area (Å²) in [5.74, 6) is -0.370. The SMILES string of the molecule is N=c1c([N+](=O)[O-])cnc(N)n1O. The number of nitrogens with zero attached hydrogens (tertiary/aromatic N) is 3. The van der Waals surface area contributed by atoms with Gasteiger partial charge in [-0.2, -0.15) is 0 Å². The molecule has 0 aliphatic heterocycles. The standard InChI is InChI=1S/C4H5N5O3/c5-3-2(9(11)12)1-7-4(6)8(3)10/h1,5,10H,(H2,6,7). The fraction of sp³-hybridized carbons (Fsp3) is 0. The highest BCUT2D eigenvalue weighted by atomic mass is 16.6. The third-order valence-electron chi connectivity index (χ3n) is 1.19. The van der Waals surface area contributed by atoms with Crippen molar-refractivity contribution in [1.82, 2.24) is 9.71 Å². The first-order valence-electron chi connectivity index (χ1n) is 2.80. The third kappa shape index (κ3) is 1.05. The van der Waals surface area contributed by atoms with Crippen molar-refractivity contribution < 1.29 is 10.1 Å². The number of nitrogens with two attached hydrogens (primary N) is 1. The van der Waals surface area contributed by atoms with Crippen molar-refractivity contribution in [2.24, 2.45) is 0 Å². The van der Waals surface area contributed by atoms with Gasteiger partial charge < -0.3 is 10.9 Å². The molecule has 0 fully saturated rings. The first-order valence-corrected chi connectivity index (χ1v) is 2.80. The Kier molecular flexibility index (Phi) is 1.66. The largest absolute Gasteiger partial charge is 0.423 e. The molecule has 64 valence electrons. The molecule has 0 unspecified atom stereocenters. The van der Waals surface area contributed by atoms with E-state index >= 15 is 0 Å². The molecule has 0 aliphatic carbocycles. The Bertz CT molecular complexity index is 383. The van der Waals surface area contributed by atoms with Crippen LogP contribution in [0.1, 0.15) is 0 Å². The van der Waals surface area contributed by atoms with Gasteiger partial charge in [-0.25, -0.2) is 4.98 Å². The quantitative estimate of drug-likeness (QED) is 0.286.